The van der Waals surface area contributed by atoms with Crippen LogP contribution in [0.2, 0.25) is 0 Å². The standard InChI is InChI=1S/C10H21NO/c1-8(12)10(2,3)11-7-6-9-4-5-9/h8-9,11-12H,4-7H2,1-3H3. The summed E-state index contributed by atoms with van der Waals surface area (Å²) in [5.41, 5.74) is -0.130. The minimum Gasteiger partial charge on any atom is -0.392 e. The van der Waals surface area contributed by atoms with E-state index in [-0.39, 0.29) is 11.6 Å². The Morgan fingerprint density at radius 3 is 2.50 bits per heavy atom. The normalized spacial score (nSPS) is 21.0. The lowest BCUT2D eigenvalue weighted by Crippen LogP contribution is -2.48. The molecule has 0 aliphatic heterocycles. The van der Waals surface area contributed by atoms with Crippen molar-refractivity contribution in [3.8, 4) is 0 Å². The van der Waals surface area contributed by atoms with E-state index in [2.05, 4.69) is 5.32 Å². The molecule has 1 unspecified atom stereocenters. The molecule has 0 aromatic rings. The number of aliphatic hydroxyl groups is 1. The molecule has 2 N–H and O–H groups in total. The molecule has 0 radical (unpaired) electrons. The second kappa shape index (κ2) is 3.75. The fourth-order valence-corrected chi connectivity index (χ4v) is 1.15. The highest BCUT2D eigenvalue weighted by molar-refractivity contribution is 4.84. The van der Waals surface area contributed by atoms with Gasteiger partial charge in [-0.3, -0.25) is 0 Å². The van der Waals surface area contributed by atoms with Gasteiger partial charge in [-0.1, -0.05) is 12.8 Å². The van der Waals surface area contributed by atoms with Crippen LogP contribution in [0.15, 0.2) is 0 Å². The van der Waals surface area contributed by atoms with Crippen molar-refractivity contribution in [3.63, 3.8) is 0 Å². The van der Waals surface area contributed by atoms with E-state index in [4.69, 9.17) is 0 Å². The van der Waals surface area contributed by atoms with E-state index in [1.165, 1.54) is 19.3 Å². The Bertz CT molecular complexity index is 139. The molecule has 0 saturated heterocycles. The number of nitrogens with one attached hydrogen (secondary N) is 1. The first-order valence-electron chi connectivity index (χ1n) is 4.95. The highest BCUT2D eigenvalue weighted by Crippen LogP contribution is 2.31. The fraction of sp³-hybridized carbons (Fsp3) is 1.00. The van der Waals surface area contributed by atoms with Gasteiger partial charge in [0.2, 0.25) is 0 Å². The lowest BCUT2D eigenvalue weighted by molar-refractivity contribution is 0.0965. The molecule has 2 heteroatoms. The van der Waals surface area contributed by atoms with Crippen LogP contribution in [0, 0.1) is 5.92 Å². The van der Waals surface area contributed by atoms with Crippen LogP contribution >= 0.6 is 0 Å². The number of hydrogen-bond acceptors (Lipinski definition) is 2. The van der Waals surface area contributed by atoms with Gasteiger partial charge in [0.05, 0.1) is 6.10 Å². The maximum atomic E-state index is 9.40. The molecule has 1 rings (SSSR count). The summed E-state index contributed by atoms with van der Waals surface area (Å²) in [5.74, 6) is 0.974. The van der Waals surface area contributed by atoms with Gasteiger partial charge in [-0.2, -0.15) is 0 Å². The zero-order valence-corrected chi connectivity index (χ0v) is 8.43. The van der Waals surface area contributed by atoms with Crippen LogP contribution in [0.1, 0.15) is 40.0 Å². The van der Waals surface area contributed by atoms with E-state index in [0.717, 1.165) is 12.5 Å². The lowest BCUT2D eigenvalue weighted by Gasteiger charge is -2.29. The van der Waals surface area contributed by atoms with Gasteiger partial charge in [-0.15, -0.1) is 0 Å². The minimum atomic E-state index is -0.281. The Labute approximate surface area is 75.4 Å². The van der Waals surface area contributed by atoms with Crippen LogP contribution in [0.4, 0.5) is 0 Å². The van der Waals surface area contributed by atoms with Crippen molar-refractivity contribution in [3.05, 3.63) is 0 Å². The number of rotatable bonds is 5. The monoisotopic (exact) mass is 171 g/mol. The summed E-state index contributed by atoms with van der Waals surface area (Å²) in [6.45, 7) is 6.97. The smallest absolute Gasteiger partial charge is 0.0688 e. The molecule has 2 nitrogen and oxygen atoms in total. The molecule has 72 valence electrons. The highest BCUT2D eigenvalue weighted by Gasteiger charge is 2.25. The van der Waals surface area contributed by atoms with Gasteiger partial charge >= 0.3 is 0 Å². The van der Waals surface area contributed by atoms with Gasteiger partial charge in [0.15, 0.2) is 0 Å². The predicted octanol–water partition coefficient (Wildman–Crippen LogP) is 1.54. The first kappa shape index (κ1) is 10.0. The second-order valence-corrected chi connectivity index (χ2v) is 4.56. The van der Waals surface area contributed by atoms with E-state index in [1.54, 1.807) is 0 Å². The average molecular weight is 171 g/mol. The van der Waals surface area contributed by atoms with Crippen LogP contribution in [0.3, 0.4) is 0 Å². The van der Waals surface area contributed by atoms with Crippen molar-refractivity contribution in [2.75, 3.05) is 6.54 Å². The molecule has 0 bridgehead atoms. The molecule has 0 amide bonds. The van der Waals surface area contributed by atoms with E-state index >= 15 is 0 Å². The zero-order chi connectivity index (χ0) is 9.19. The fourth-order valence-electron chi connectivity index (χ4n) is 1.15. The third-order valence-corrected chi connectivity index (χ3v) is 2.87. The molecular weight excluding hydrogens is 150 g/mol. The lowest BCUT2D eigenvalue weighted by atomic mass is 9.98. The molecule has 0 aromatic heterocycles. The van der Waals surface area contributed by atoms with Crippen molar-refractivity contribution >= 4 is 0 Å². The third-order valence-electron chi connectivity index (χ3n) is 2.87. The summed E-state index contributed by atoms with van der Waals surface area (Å²) >= 11 is 0. The molecule has 12 heavy (non-hydrogen) atoms. The topological polar surface area (TPSA) is 32.3 Å². The number of aliphatic hydroxyl groups excluding tert-OH is 1. The Balaban J connectivity index is 2.10. The van der Waals surface area contributed by atoms with Gasteiger partial charge in [-0.25, -0.2) is 0 Å². The molecular formula is C10H21NO. The molecule has 0 spiro atoms. The highest BCUT2D eigenvalue weighted by atomic mass is 16.3. The van der Waals surface area contributed by atoms with Gasteiger partial charge < -0.3 is 10.4 Å². The zero-order valence-electron chi connectivity index (χ0n) is 8.43. The van der Waals surface area contributed by atoms with Crippen molar-refractivity contribution in [1.29, 1.82) is 0 Å². The van der Waals surface area contributed by atoms with Crippen LogP contribution in [-0.4, -0.2) is 23.3 Å². The third kappa shape index (κ3) is 3.11. The van der Waals surface area contributed by atoms with Crippen LogP contribution < -0.4 is 5.32 Å². The van der Waals surface area contributed by atoms with E-state index in [0.29, 0.717) is 0 Å². The van der Waals surface area contributed by atoms with Crippen molar-refractivity contribution < 1.29 is 5.11 Å². The van der Waals surface area contributed by atoms with E-state index < -0.39 is 0 Å². The molecule has 1 aliphatic rings. The first-order chi connectivity index (χ1) is 5.52. The van der Waals surface area contributed by atoms with Gasteiger partial charge in [0, 0.05) is 5.54 Å². The largest absolute Gasteiger partial charge is 0.392 e. The molecule has 0 heterocycles. The molecule has 1 atom stereocenters. The summed E-state index contributed by atoms with van der Waals surface area (Å²) < 4.78 is 0. The Hall–Kier alpha value is -0.0800. The van der Waals surface area contributed by atoms with Crippen molar-refractivity contribution in [1.82, 2.24) is 5.32 Å². The average Bonchev–Trinajstić information content (AvgIpc) is 2.70. The Morgan fingerprint density at radius 1 is 1.50 bits per heavy atom. The molecule has 1 saturated carbocycles. The summed E-state index contributed by atoms with van der Waals surface area (Å²) in [6, 6.07) is 0. The van der Waals surface area contributed by atoms with Gasteiger partial charge in [-0.05, 0) is 39.7 Å². The van der Waals surface area contributed by atoms with Crippen molar-refractivity contribution in [2.24, 2.45) is 5.92 Å². The molecule has 0 aromatic carbocycles. The van der Waals surface area contributed by atoms with Crippen LogP contribution in [0.5, 0.6) is 0 Å². The van der Waals surface area contributed by atoms with Crippen LogP contribution in [0.25, 0.3) is 0 Å². The predicted molar refractivity (Wildman–Crippen MR) is 51.1 cm³/mol. The van der Waals surface area contributed by atoms with Crippen molar-refractivity contribution in [2.45, 2.75) is 51.7 Å². The first-order valence-corrected chi connectivity index (χ1v) is 4.95. The Kier molecular flexibility index (Phi) is 3.13. The SMILES string of the molecule is CC(O)C(C)(C)NCCC1CC1. The van der Waals surface area contributed by atoms with E-state index in [1.807, 2.05) is 20.8 Å². The quantitative estimate of drug-likeness (QED) is 0.657. The summed E-state index contributed by atoms with van der Waals surface area (Å²) in [5, 5.41) is 12.8. The summed E-state index contributed by atoms with van der Waals surface area (Å²) in [7, 11) is 0. The second-order valence-electron chi connectivity index (χ2n) is 4.56. The van der Waals surface area contributed by atoms with Gasteiger partial charge in [0.25, 0.3) is 0 Å². The minimum absolute atomic E-state index is 0.130. The van der Waals surface area contributed by atoms with Crippen LogP contribution in [-0.2, 0) is 0 Å². The summed E-state index contributed by atoms with van der Waals surface area (Å²) in [6.07, 6.45) is 3.82. The maximum Gasteiger partial charge on any atom is 0.0688 e. The van der Waals surface area contributed by atoms with E-state index in [9.17, 15) is 5.11 Å². The summed E-state index contributed by atoms with van der Waals surface area (Å²) in [4.78, 5) is 0. The number of hydrogen-bond donors (Lipinski definition) is 2. The maximum absolute atomic E-state index is 9.40. The van der Waals surface area contributed by atoms with Gasteiger partial charge in [0.1, 0.15) is 0 Å². The Morgan fingerprint density at radius 2 is 2.08 bits per heavy atom. The molecule has 1 aliphatic carbocycles. The molecule has 1 fully saturated rings.